The van der Waals surface area contributed by atoms with Gasteiger partial charge in [-0.25, -0.2) is 9.48 Å². The zero-order chi connectivity index (χ0) is 29.1. The molecule has 1 aliphatic carbocycles. The van der Waals surface area contributed by atoms with Gasteiger partial charge >= 0.3 is 5.97 Å². The number of methoxy groups -OCH3 is 1. The van der Waals surface area contributed by atoms with Crippen LogP contribution in [0.15, 0.2) is 60.6 Å². The number of benzene rings is 2. The second-order valence-electron chi connectivity index (χ2n) is 11.3. The van der Waals surface area contributed by atoms with Gasteiger partial charge in [0.25, 0.3) is 5.91 Å². The minimum absolute atomic E-state index is 0.0571. The lowest BCUT2D eigenvalue weighted by Gasteiger charge is -2.36. The first-order valence-electron chi connectivity index (χ1n) is 14.7. The van der Waals surface area contributed by atoms with Crippen LogP contribution in [-0.2, 0) is 4.74 Å². The fourth-order valence-electron chi connectivity index (χ4n) is 6.28. The summed E-state index contributed by atoms with van der Waals surface area (Å²) in [6.07, 6.45) is 9.67. The molecule has 2 aromatic carbocycles. The molecule has 8 nitrogen and oxygen atoms in total. The van der Waals surface area contributed by atoms with Gasteiger partial charge in [-0.15, -0.1) is 0 Å². The molecule has 0 radical (unpaired) electrons. The molecule has 3 N–H and O–H groups in total. The van der Waals surface area contributed by atoms with Crippen LogP contribution >= 0.6 is 0 Å². The molecule has 2 heterocycles. The topological polar surface area (TPSA) is 102 Å². The summed E-state index contributed by atoms with van der Waals surface area (Å²) >= 11 is 0. The second kappa shape index (κ2) is 12.2. The van der Waals surface area contributed by atoms with Crippen molar-refractivity contribution in [3.63, 3.8) is 0 Å². The van der Waals surface area contributed by atoms with Gasteiger partial charge in [0.15, 0.2) is 0 Å². The molecule has 0 spiro atoms. The fraction of sp³-hybridized carbons (Fsp3) is 0.424. The average Bonchev–Trinajstić information content (AvgIpc) is 3.66. The number of allylic oxidation sites excluding steroid dienone is 1. The van der Waals surface area contributed by atoms with Gasteiger partial charge in [0.05, 0.1) is 24.7 Å². The number of hydrogen-bond donors (Lipinski definition) is 2. The van der Waals surface area contributed by atoms with Gasteiger partial charge in [-0.1, -0.05) is 31.5 Å². The Bertz CT molecular complexity index is 1460. The smallest absolute Gasteiger partial charge is 0.341 e. The molecular formula is C33H41N5O3. The molecule has 1 aliphatic heterocycles. The molecule has 5 rings (SSSR count). The van der Waals surface area contributed by atoms with Gasteiger partial charge in [-0.05, 0) is 80.0 Å². The molecular weight excluding hydrogens is 514 g/mol. The number of esters is 1. The number of amides is 1. The number of nitrogens with one attached hydrogen (secondary N) is 1. The normalized spacial score (nSPS) is 20.5. The largest absolute Gasteiger partial charge is 0.465 e. The predicted molar refractivity (Wildman–Crippen MR) is 161 cm³/mol. The minimum Gasteiger partial charge on any atom is -0.465 e. The Labute approximate surface area is 242 Å². The highest BCUT2D eigenvalue weighted by Crippen LogP contribution is 2.51. The van der Waals surface area contributed by atoms with Gasteiger partial charge in [0.1, 0.15) is 5.56 Å². The van der Waals surface area contributed by atoms with E-state index in [1.807, 2.05) is 42.9 Å². The number of nitrogens with two attached hydrogens (primary N) is 1. The molecule has 1 saturated heterocycles. The van der Waals surface area contributed by atoms with Gasteiger partial charge < -0.3 is 20.7 Å². The molecule has 3 atom stereocenters. The van der Waals surface area contributed by atoms with Crippen molar-refractivity contribution in [2.24, 2.45) is 11.7 Å². The summed E-state index contributed by atoms with van der Waals surface area (Å²) < 4.78 is 6.93. The molecule has 41 heavy (non-hydrogen) atoms. The van der Waals surface area contributed by atoms with Crippen molar-refractivity contribution in [1.29, 1.82) is 0 Å². The van der Waals surface area contributed by atoms with Crippen LogP contribution in [0.1, 0.15) is 83.3 Å². The Hall–Kier alpha value is -4.07. The molecule has 2 aliphatic rings. The third-order valence-corrected chi connectivity index (χ3v) is 8.35. The van der Waals surface area contributed by atoms with E-state index < -0.39 is 5.97 Å². The average molecular weight is 556 g/mol. The third-order valence-electron chi connectivity index (χ3n) is 8.35. The van der Waals surface area contributed by atoms with Gasteiger partial charge in [-0.2, -0.15) is 5.10 Å². The summed E-state index contributed by atoms with van der Waals surface area (Å²) in [5.41, 5.74) is 12.9. The van der Waals surface area contributed by atoms with E-state index in [-0.39, 0.29) is 17.7 Å². The summed E-state index contributed by atoms with van der Waals surface area (Å²) in [5, 5.41) is 7.64. The maximum absolute atomic E-state index is 13.6. The number of piperidine rings is 1. The van der Waals surface area contributed by atoms with E-state index in [0.717, 1.165) is 72.4 Å². The lowest BCUT2D eigenvalue weighted by atomic mass is 9.96. The zero-order valence-electron chi connectivity index (χ0n) is 24.5. The van der Waals surface area contributed by atoms with Crippen LogP contribution in [0.25, 0.3) is 16.8 Å². The van der Waals surface area contributed by atoms with Crippen LogP contribution in [0.2, 0.25) is 0 Å². The molecule has 1 amide bonds. The van der Waals surface area contributed by atoms with Crippen molar-refractivity contribution in [3.8, 4) is 16.8 Å². The van der Waals surface area contributed by atoms with E-state index in [0.29, 0.717) is 17.2 Å². The van der Waals surface area contributed by atoms with Crippen molar-refractivity contribution >= 4 is 11.9 Å². The molecule has 1 saturated carbocycles. The first kappa shape index (κ1) is 28.5. The Morgan fingerprint density at radius 3 is 2.76 bits per heavy atom. The molecule has 216 valence electrons. The Balaban J connectivity index is 1.50. The predicted octanol–water partition coefficient (Wildman–Crippen LogP) is 5.55. The minimum atomic E-state index is -0.411. The van der Waals surface area contributed by atoms with Gasteiger partial charge in [0.2, 0.25) is 0 Å². The van der Waals surface area contributed by atoms with Crippen molar-refractivity contribution < 1.29 is 14.3 Å². The number of hydrogen-bond acceptors (Lipinski definition) is 6. The lowest BCUT2D eigenvalue weighted by molar-refractivity contribution is 0.0592. The van der Waals surface area contributed by atoms with E-state index in [1.54, 1.807) is 12.4 Å². The number of aryl methyl sites for hydroxylation is 1. The molecule has 1 aromatic heterocycles. The summed E-state index contributed by atoms with van der Waals surface area (Å²) in [6, 6.07) is 14.5. The van der Waals surface area contributed by atoms with E-state index in [2.05, 4.69) is 40.4 Å². The maximum atomic E-state index is 13.6. The van der Waals surface area contributed by atoms with Crippen LogP contribution in [0, 0.1) is 12.8 Å². The van der Waals surface area contributed by atoms with E-state index >= 15 is 0 Å². The monoisotopic (exact) mass is 555 g/mol. The van der Waals surface area contributed by atoms with Crippen molar-refractivity contribution in [1.82, 2.24) is 20.0 Å². The maximum Gasteiger partial charge on any atom is 0.341 e. The van der Waals surface area contributed by atoms with E-state index in [9.17, 15) is 9.59 Å². The lowest BCUT2D eigenvalue weighted by Crippen LogP contribution is -2.43. The van der Waals surface area contributed by atoms with Crippen LogP contribution in [-0.4, -0.2) is 53.3 Å². The molecule has 8 heteroatoms. The summed E-state index contributed by atoms with van der Waals surface area (Å²) in [4.78, 5) is 28.4. The molecule has 0 bridgehead atoms. The summed E-state index contributed by atoms with van der Waals surface area (Å²) in [5.74, 6) is -0.116. The van der Waals surface area contributed by atoms with Crippen LogP contribution in [0.3, 0.4) is 0 Å². The quantitative estimate of drug-likeness (QED) is 0.336. The van der Waals surface area contributed by atoms with Gasteiger partial charge in [0, 0.05) is 48.9 Å². The van der Waals surface area contributed by atoms with Crippen molar-refractivity contribution in [2.45, 2.75) is 64.3 Å². The third kappa shape index (κ3) is 5.87. The van der Waals surface area contributed by atoms with Crippen LogP contribution in [0.4, 0.5) is 0 Å². The van der Waals surface area contributed by atoms with E-state index in [4.69, 9.17) is 10.5 Å². The number of aromatic nitrogens is 2. The second-order valence-corrected chi connectivity index (χ2v) is 11.3. The zero-order valence-corrected chi connectivity index (χ0v) is 24.5. The first-order valence-corrected chi connectivity index (χ1v) is 14.7. The number of nitrogens with zero attached hydrogens (tertiary/aromatic N) is 3. The fourth-order valence-corrected chi connectivity index (χ4v) is 6.28. The SMILES string of the molecule is CCC[C@@H]1CCCCN1C(=O)c1cccc(-c2cc(C)cc(-n3ncc(C(=O)OC)c3[C@H]3C[C@@H]3/C(N)=C/NC)c2)c1. The number of ether oxygens (including phenoxy) is 1. The summed E-state index contributed by atoms with van der Waals surface area (Å²) in [6.45, 7) is 5.05. The number of carbonyl (C=O) groups excluding carboxylic acids is 2. The van der Waals surface area contributed by atoms with Crippen molar-refractivity contribution in [3.05, 3.63) is 82.9 Å². The summed E-state index contributed by atoms with van der Waals surface area (Å²) in [7, 11) is 3.21. The highest BCUT2D eigenvalue weighted by molar-refractivity contribution is 5.96. The van der Waals surface area contributed by atoms with Crippen molar-refractivity contribution in [2.75, 3.05) is 20.7 Å². The Morgan fingerprint density at radius 1 is 1.17 bits per heavy atom. The van der Waals surface area contributed by atoms with Crippen LogP contribution in [0.5, 0.6) is 0 Å². The highest BCUT2D eigenvalue weighted by Gasteiger charge is 2.45. The number of likely N-dealkylation sites (tertiary alicyclic amines) is 1. The van der Waals surface area contributed by atoms with Gasteiger partial charge in [-0.3, -0.25) is 4.79 Å². The standard InChI is InChI=1S/C33H41N5O3/c1-5-9-25-12-6-7-13-37(25)32(39)23-11-8-10-22(16-23)24-14-21(2)15-26(17-24)38-31(29(19-36-38)33(40)41-4)28-18-27(28)30(34)20-35-3/h8,10-11,14-17,19-20,25,27-28,35H,5-7,9,12-13,18,34H2,1-4H3/b30-20-/t25-,27+,28+/m1/s1. The molecule has 2 fully saturated rings. The first-order chi connectivity index (χ1) is 19.9. The highest BCUT2D eigenvalue weighted by atomic mass is 16.5. The number of rotatable bonds is 9. The Kier molecular flexibility index (Phi) is 8.47. The Morgan fingerprint density at radius 2 is 2.00 bits per heavy atom. The number of carbonyl (C=O) groups is 2. The molecule has 3 aromatic rings. The van der Waals surface area contributed by atoms with E-state index in [1.165, 1.54) is 13.5 Å². The molecule has 0 unspecified atom stereocenters. The van der Waals surface area contributed by atoms with Crippen LogP contribution < -0.4 is 11.1 Å².